The van der Waals surface area contributed by atoms with E-state index in [9.17, 15) is 27.6 Å². The van der Waals surface area contributed by atoms with E-state index in [0.717, 1.165) is 29.5 Å². The first-order valence-corrected chi connectivity index (χ1v) is 18.6. The van der Waals surface area contributed by atoms with Crippen LogP contribution in [0.1, 0.15) is 55.2 Å². The molecule has 3 atom stereocenters. The van der Waals surface area contributed by atoms with E-state index in [4.69, 9.17) is 22.1 Å². The molecule has 2 unspecified atom stereocenters. The average Bonchev–Trinajstić information content (AvgIpc) is 3.61. The molecule has 5 aliphatic heterocycles. The van der Waals surface area contributed by atoms with Crippen molar-refractivity contribution in [3.8, 4) is 0 Å². The molecule has 50 heavy (non-hydrogen) atoms. The Hall–Kier alpha value is -3.27. The third-order valence-electron chi connectivity index (χ3n) is 11.4. The van der Waals surface area contributed by atoms with Crippen LogP contribution in [0.4, 0.5) is 33.4 Å². The van der Waals surface area contributed by atoms with Crippen molar-refractivity contribution in [2.24, 2.45) is 0 Å². The average molecular weight is 738 g/mol. The molecule has 1 aromatic carbocycles. The van der Waals surface area contributed by atoms with Crippen LogP contribution in [0.25, 0.3) is 0 Å². The number of nitrogens with one attached hydrogen (secondary N) is 1. The highest BCUT2D eigenvalue weighted by Gasteiger charge is 2.42. The second-order valence-electron chi connectivity index (χ2n) is 14.2. The molecule has 4 fully saturated rings. The number of fused-ring (bicyclic) bond motifs is 3. The summed E-state index contributed by atoms with van der Waals surface area (Å²) in [6.07, 6.45) is -1.45. The Morgan fingerprint density at radius 3 is 2.34 bits per heavy atom. The van der Waals surface area contributed by atoms with Gasteiger partial charge in [0.25, 0.3) is 5.91 Å². The van der Waals surface area contributed by atoms with Gasteiger partial charge in [0.15, 0.2) is 6.10 Å². The van der Waals surface area contributed by atoms with Crippen LogP contribution < -0.4 is 11.1 Å². The van der Waals surface area contributed by atoms with Crippen LogP contribution in [0.15, 0.2) is 23.6 Å². The van der Waals surface area contributed by atoms with Gasteiger partial charge in [0.05, 0.1) is 22.8 Å². The molecule has 2 aromatic rings. The normalized spacial score (nSPS) is 25.7. The third-order valence-corrected chi connectivity index (χ3v) is 12.6. The Bertz CT molecular complexity index is 1600. The first kappa shape index (κ1) is 35.1. The summed E-state index contributed by atoms with van der Waals surface area (Å²) in [4.78, 5) is 50.3. The number of hydrogen-bond donors (Lipinski definition) is 2. The van der Waals surface area contributed by atoms with Gasteiger partial charge in [-0.2, -0.15) is 13.2 Å². The summed E-state index contributed by atoms with van der Waals surface area (Å²) in [5, 5.41) is 5.43. The minimum absolute atomic E-state index is 0.0849. The largest absolute Gasteiger partial charge is 0.436 e. The summed E-state index contributed by atoms with van der Waals surface area (Å²) in [6.45, 7) is 3.31. The molecule has 0 radical (unpaired) electrons. The third kappa shape index (κ3) is 7.10. The van der Waals surface area contributed by atoms with Crippen molar-refractivity contribution in [2.75, 3.05) is 57.4 Å². The summed E-state index contributed by atoms with van der Waals surface area (Å²) < 4.78 is 47.3. The van der Waals surface area contributed by atoms with E-state index in [0.29, 0.717) is 76.8 Å². The van der Waals surface area contributed by atoms with E-state index < -0.39 is 35.5 Å². The van der Waals surface area contributed by atoms with Crippen LogP contribution in [0, 0.1) is 0 Å². The summed E-state index contributed by atoms with van der Waals surface area (Å²) >= 11 is 7.60. The molecule has 272 valence electrons. The van der Waals surface area contributed by atoms with Gasteiger partial charge in [0, 0.05) is 75.4 Å². The standard InChI is InChI=1S/C34H43ClF3N7O4S/c1-41-23-2-3-24(41)18-25(17-23)42-9-11-43(12-10-42)31(46)28(16-20-14-26(34(36,37)38)29(39)27(35)15-20)49-33(48)44-7-4-22(5-8-44)45-19-21-6-13-50-30(21)40-32(45)47/h6,13-15,22-25,28H,2-5,7-12,16-19,39H2,1H3,(H,40,47)/t23?,24?,25?,28-/m1/s1. The molecule has 4 saturated heterocycles. The first-order chi connectivity index (χ1) is 23.9. The highest BCUT2D eigenvalue weighted by atomic mass is 35.5. The fraction of sp³-hybridized carbons (Fsp3) is 0.618. The van der Waals surface area contributed by atoms with Crippen molar-refractivity contribution in [3.05, 3.63) is 45.3 Å². The summed E-state index contributed by atoms with van der Waals surface area (Å²) in [7, 11) is 2.21. The predicted molar refractivity (Wildman–Crippen MR) is 184 cm³/mol. The van der Waals surface area contributed by atoms with E-state index in [1.54, 1.807) is 9.80 Å². The maximum absolute atomic E-state index is 14.0. The minimum Gasteiger partial charge on any atom is -0.436 e. The number of ether oxygens (including phenoxy) is 1. The van der Waals surface area contributed by atoms with Crippen LogP contribution in [0.2, 0.25) is 5.02 Å². The number of nitrogens with two attached hydrogens (primary N) is 1. The van der Waals surface area contributed by atoms with Crippen LogP contribution in [0.5, 0.6) is 0 Å². The number of likely N-dealkylation sites (tertiary alicyclic amines) is 1. The monoisotopic (exact) mass is 737 g/mol. The number of halogens is 4. The van der Waals surface area contributed by atoms with Crippen LogP contribution in [-0.4, -0.2) is 119 Å². The number of alkyl halides is 3. The van der Waals surface area contributed by atoms with Gasteiger partial charge in [0.1, 0.15) is 5.00 Å². The Kier molecular flexibility index (Phi) is 9.87. The highest BCUT2D eigenvalue weighted by Crippen LogP contribution is 2.39. The van der Waals surface area contributed by atoms with Gasteiger partial charge in [-0.15, -0.1) is 11.3 Å². The quantitative estimate of drug-likeness (QED) is 0.386. The molecule has 7 rings (SSSR count). The first-order valence-electron chi connectivity index (χ1n) is 17.3. The Morgan fingerprint density at radius 1 is 1.00 bits per heavy atom. The molecule has 4 amide bonds. The number of benzene rings is 1. The zero-order chi connectivity index (χ0) is 35.3. The lowest BCUT2D eigenvalue weighted by Crippen LogP contribution is -2.57. The minimum atomic E-state index is -4.76. The van der Waals surface area contributed by atoms with E-state index >= 15 is 0 Å². The molecule has 6 heterocycles. The van der Waals surface area contributed by atoms with Crippen molar-refractivity contribution >= 4 is 51.7 Å². The van der Waals surface area contributed by atoms with E-state index in [-0.39, 0.29) is 29.1 Å². The van der Waals surface area contributed by atoms with Gasteiger partial charge in [0.2, 0.25) is 0 Å². The molecule has 11 nitrogen and oxygen atoms in total. The lowest BCUT2D eigenvalue weighted by atomic mass is 9.96. The number of thiophene rings is 1. The number of nitrogen functional groups attached to an aromatic ring is 1. The van der Waals surface area contributed by atoms with Crippen LogP contribution in [0.3, 0.4) is 0 Å². The Morgan fingerprint density at radius 2 is 1.68 bits per heavy atom. The number of urea groups is 1. The molecular formula is C34H43ClF3N7O4S. The number of anilines is 2. The molecule has 0 spiro atoms. The maximum atomic E-state index is 14.0. The van der Waals surface area contributed by atoms with Gasteiger partial charge in [-0.05, 0) is 74.7 Å². The van der Waals surface area contributed by atoms with E-state index in [1.807, 2.05) is 11.4 Å². The fourth-order valence-electron chi connectivity index (χ4n) is 8.46. The maximum Gasteiger partial charge on any atom is 0.418 e. The lowest BCUT2D eigenvalue weighted by Gasteiger charge is -2.45. The second-order valence-corrected chi connectivity index (χ2v) is 15.5. The molecule has 5 aliphatic rings. The smallest absolute Gasteiger partial charge is 0.418 e. The van der Waals surface area contributed by atoms with Crippen molar-refractivity contribution in [1.82, 2.24) is 24.5 Å². The van der Waals surface area contributed by atoms with Gasteiger partial charge in [-0.25, -0.2) is 9.59 Å². The summed E-state index contributed by atoms with van der Waals surface area (Å²) in [6, 6.07) is 5.53. The van der Waals surface area contributed by atoms with Gasteiger partial charge < -0.3 is 30.1 Å². The zero-order valence-corrected chi connectivity index (χ0v) is 29.5. The van der Waals surface area contributed by atoms with Gasteiger partial charge >= 0.3 is 18.3 Å². The molecule has 3 N–H and O–H groups in total. The number of hydrogen-bond acceptors (Lipinski definition) is 8. The van der Waals surface area contributed by atoms with Crippen molar-refractivity contribution in [1.29, 1.82) is 0 Å². The fourth-order valence-corrected chi connectivity index (χ4v) is 9.50. The molecule has 16 heteroatoms. The van der Waals surface area contributed by atoms with Crippen molar-refractivity contribution in [3.63, 3.8) is 0 Å². The van der Waals surface area contributed by atoms with E-state index in [2.05, 4.69) is 22.2 Å². The van der Waals surface area contributed by atoms with E-state index in [1.165, 1.54) is 35.1 Å². The number of carbonyl (C=O) groups excluding carboxylic acids is 3. The van der Waals surface area contributed by atoms with Crippen LogP contribution >= 0.6 is 22.9 Å². The van der Waals surface area contributed by atoms with Gasteiger partial charge in [-0.3, -0.25) is 15.0 Å². The zero-order valence-electron chi connectivity index (χ0n) is 28.0. The number of rotatable bonds is 6. The molecule has 1 aromatic heterocycles. The number of piperazine rings is 1. The Balaban J connectivity index is 1.02. The van der Waals surface area contributed by atoms with Gasteiger partial charge in [-0.1, -0.05) is 11.6 Å². The number of nitrogens with zero attached hydrogens (tertiary/aromatic N) is 5. The number of amides is 4. The topological polar surface area (TPSA) is 115 Å². The molecule has 0 saturated carbocycles. The molecular weight excluding hydrogens is 695 g/mol. The Labute approximate surface area is 298 Å². The summed E-state index contributed by atoms with van der Waals surface area (Å²) in [5.74, 6) is -0.450. The lowest BCUT2D eigenvalue weighted by molar-refractivity contribution is -0.143. The molecule has 2 bridgehead atoms. The molecule has 0 aliphatic carbocycles. The number of piperidine rings is 2. The van der Waals surface area contributed by atoms with Crippen LogP contribution in [-0.2, 0) is 28.7 Å². The van der Waals surface area contributed by atoms with Crippen molar-refractivity contribution < 1.29 is 32.3 Å². The second kappa shape index (κ2) is 14.0. The SMILES string of the molecule is CN1C2CCC1CC(N1CCN(C(=O)[C@@H](Cc3cc(Cl)c(N)c(C(F)(F)F)c3)OC(=O)N3CCC(N4Cc5ccsc5NC4=O)CC3)CC1)C2. The highest BCUT2D eigenvalue weighted by molar-refractivity contribution is 7.14. The predicted octanol–water partition coefficient (Wildman–Crippen LogP) is 5.33. The number of carbonyl (C=O) groups is 3. The summed E-state index contributed by atoms with van der Waals surface area (Å²) in [5.41, 5.74) is 5.11. The van der Waals surface area contributed by atoms with Crippen molar-refractivity contribution in [2.45, 2.75) is 87.9 Å².